The van der Waals surface area contributed by atoms with Crippen molar-refractivity contribution in [3.05, 3.63) is 71.3 Å². The quantitative estimate of drug-likeness (QED) is 0.475. The van der Waals surface area contributed by atoms with Crippen LogP contribution in [0.15, 0.2) is 58.5 Å². The molecule has 1 aromatic carbocycles. The summed E-state index contributed by atoms with van der Waals surface area (Å²) in [7, 11) is 0. The third-order valence-corrected chi connectivity index (χ3v) is 4.70. The minimum Gasteiger partial charge on any atom is -0.451 e. The van der Waals surface area contributed by atoms with Crippen molar-refractivity contribution in [3.8, 4) is 22.6 Å². The van der Waals surface area contributed by atoms with Gasteiger partial charge in [0.1, 0.15) is 17.3 Å². The number of primary amides is 1. The van der Waals surface area contributed by atoms with Gasteiger partial charge in [0.15, 0.2) is 10.9 Å². The molecule has 140 valence electrons. The van der Waals surface area contributed by atoms with Crippen molar-refractivity contribution in [1.29, 1.82) is 0 Å². The number of amides is 2. The molecule has 0 radical (unpaired) electrons. The van der Waals surface area contributed by atoms with E-state index in [1.165, 1.54) is 29.5 Å². The van der Waals surface area contributed by atoms with Crippen molar-refractivity contribution in [2.24, 2.45) is 5.73 Å². The summed E-state index contributed by atoms with van der Waals surface area (Å²) >= 11 is 1.22. The first-order valence-electron chi connectivity index (χ1n) is 8.11. The number of carbonyl (C=O) groups excluding carboxylic acids is 2. The SMILES string of the molecule is NC(=O)c1cc(-c2csc(NC(=O)c3ccc(-c4ccccc4F)o3)n2)c[nH]1. The smallest absolute Gasteiger partial charge is 0.293 e. The number of hydrogen-bond acceptors (Lipinski definition) is 5. The zero-order valence-electron chi connectivity index (χ0n) is 14.2. The predicted octanol–water partition coefficient (Wildman–Crippen LogP) is 3.89. The number of nitrogens with one attached hydrogen (secondary N) is 2. The van der Waals surface area contributed by atoms with Gasteiger partial charge in [0.25, 0.3) is 11.8 Å². The van der Waals surface area contributed by atoms with E-state index in [1.807, 2.05) is 0 Å². The Kier molecular flexibility index (Phi) is 4.50. The first-order valence-corrected chi connectivity index (χ1v) is 8.99. The molecule has 9 heteroatoms. The highest BCUT2D eigenvalue weighted by Gasteiger charge is 2.16. The summed E-state index contributed by atoms with van der Waals surface area (Å²) in [5.74, 6) is -1.22. The molecule has 4 N–H and O–H groups in total. The lowest BCUT2D eigenvalue weighted by atomic mass is 10.1. The maximum atomic E-state index is 13.8. The molecule has 4 rings (SSSR count). The maximum Gasteiger partial charge on any atom is 0.293 e. The highest BCUT2D eigenvalue weighted by Crippen LogP contribution is 2.27. The predicted molar refractivity (Wildman–Crippen MR) is 102 cm³/mol. The lowest BCUT2D eigenvalue weighted by Gasteiger charge is -2.00. The highest BCUT2D eigenvalue weighted by atomic mass is 32.1. The Morgan fingerprint density at radius 3 is 2.79 bits per heavy atom. The van der Waals surface area contributed by atoms with Gasteiger partial charge in [-0.2, -0.15) is 0 Å². The Hall–Kier alpha value is -3.72. The number of H-pyrrole nitrogens is 1. The minimum atomic E-state index is -0.571. The number of nitrogens with zero attached hydrogens (tertiary/aromatic N) is 1. The van der Waals surface area contributed by atoms with Crippen molar-refractivity contribution < 1.29 is 18.4 Å². The Morgan fingerprint density at radius 1 is 1.21 bits per heavy atom. The first-order chi connectivity index (χ1) is 13.5. The molecule has 7 nitrogen and oxygen atoms in total. The summed E-state index contributed by atoms with van der Waals surface area (Å²) in [5.41, 5.74) is 7.01. The molecule has 0 saturated heterocycles. The van der Waals surface area contributed by atoms with Crippen molar-refractivity contribution >= 4 is 28.3 Å². The number of rotatable bonds is 5. The summed E-state index contributed by atoms with van der Waals surface area (Å²) in [6.45, 7) is 0. The van der Waals surface area contributed by atoms with Crippen LogP contribution in [0.25, 0.3) is 22.6 Å². The van der Waals surface area contributed by atoms with Gasteiger partial charge in [0.05, 0.1) is 11.3 Å². The van der Waals surface area contributed by atoms with E-state index in [9.17, 15) is 14.0 Å². The molecule has 2 amide bonds. The molecule has 0 saturated carbocycles. The number of furan rings is 1. The largest absolute Gasteiger partial charge is 0.451 e. The van der Waals surface area contributed by atoms with Gasteiger partial charge >= 0.3 is 0 Å². The Morgan fingerprint density at radius 2 is 2.04 bits per heavy atom. The molecular formula is C19H13FN4O3S. The number of aromatic nitrogens is 2. The van der Waals surface area contributed by atoms with Gasteiger partial charge in [0.2, 0.25) is 0 Å². The molecule has 0 unspecified atom stereocenters. The van der Waals surface area contributed by atoms with E-state index in [1.54, 1.807) is 35.8 Å². The number of halogens is 1. The second-order valence-corrected chi connectivity index (χ2v) is 6.66. The van der Waals surface area contributed by atoms with Crippen LogP contribution < -0.4 is 11.1 Å². The van der Waals surface area contributed by atoms with E-state index in [0.29, 0.717) is 16.4 Å². The normalized spacial score (nSPS) is 10.8. The summed E-state index contributed by atoms with van der Waals surface area (Å²) in [4.78, 5) is 30.6. The third-order valence-electron chi connectivity index (χ3n) is 3.94. The van der Waals surface area contributed by atoms with Crippen molar-refractivity contribution in [3.63, 3.8) is 0 Å². The highest BCUT2D eigenvalue weighted by molar-refractivity contribution is 7.14. The van der Waals surface area contributed by atoms with Gasteiger partial charge in [-0.05, 0) is 30.3 Å². The van der Waals surface area contributed by atoms with E-state index < -0.39 is 17.6 Å². The average molecular weight is 396 g/mol. The van der Waals surface area contributed by atoms with Gasteiger partial charge in [-0.1, -0.05) is 12.1 Å². The van der Waals surface area contributed by atoms with Crippen LogP contribution in [0, 0.1) is 5.82 Å². The number of nitrogens with two attached hydrogens (primary N) is 1. The molecule has 4 aromatic rings. The molecule has 28 heavy (non-hydrogen) atoms. The number of anilines is 1. The Bertz CT molecular complexity index is 1180. The van der Waals surface area contributed by atoms with Crippen LogP contribution in [0.3, 0.4) is 0 Å². The standard InChI is InChI=1S/C19H13FN4O3S/c20-12-4-2-1-3-11(12)15-5-6-16(27-15)18(26)24-19-23-14(9-28-19)10-7-13(17(21)25)22-8-10/h1-9,22H,(H2,21,25)(H,23,24,26). The number of carbonyl (C=O) groups is 2. The van der Waals surface area contributed by atoms with Crippen LogP contribution in [0.5, 0.6) is 0 Å². The van der Waals surface area contributed by atoms with Crippen LogP contribution in [-0.2, 0) is 0 Å². The third kappa shape index (κ3) is 3.42. The van der Waals surface area contributed by atoms with Gasteiger partial charge in [0, 0.05) is 17.1 Å². The second-order valence-electron chi connectivity index (χ2n) is 5.80. The van der Waals surface area contributed by atoms with Crippen molar-refractivity contribution in [1.82, 2.24) is 9.97 Å². The lowest BCUT2D eigenvalue weighted by Crippen LogP contribution is -2.10. The molecule has 0 atom stereocenters. The van der Waals surface area contributed by atoms with Crippen molar-refractivity contribution in [2.45, 2.75) is 0 Å². The molecule has 0 bridgehead atoms. The molecule has 3 heterocycles. The van der Waals surface area contributed by atoms with Gasteiger partial charge < -0.3 is 15.1 Å². The van der Waals surface area contributed by atoms with Gasteiger partial charge in [-0.15, -0.1) is 11.3 Å². The molecule has 0 spiro atoms. The van der Waals surface area contributed by atoms with E-state index in [0.717, 1.165) is 0 Å². The van der Waals surface area contributed by atoms with Crippen LogP contribution in [0.2, 0.25) is 0 Å². The van der Waals surface area contributed by atoms with E-state index in [4.69, 9.17) is 10.2 Å². The lowest BCUT2D eigenvalue weighted by molar-refractivity contribution is 0.0989. The van der Waals surface area contributed by atoms with Crippen LogP contribution in [0.4, 0.5) is 9.52 Å². The van der Waals surface area contributed by atoms with Gasteiger partial charge in [-0.3, -0.25) is 14.9 Å². The topological polar surface area (TPSA) is 114 Å². The molecule has 0 aliphatic carbocycles. The fourth-order valence-electron chi connectivity index (χ4n) is 2.57. The Labute approximate surface area is 162 Å². The maximum absolute atomic E-state index is 13.8. The zero-order chi connectivity index (χ0) is 19.7. The molecule has 0 fully saturated rings. The fraction of sp³-hybridized carbons (Fsp3) is 0. The Balaban J connectivity index is 1.49. The second kappa shape index (κ2) is 7.12. The molecule has 3 aromatic heterocycles. The molecule has 0 aliphatic heterocycles. The van der Waals surface area contributed by atoms with E-state index in [-0.39, 0.29) is 22.8 Å². The minimum absolute atomic E-state index is 0.0349. The summed E-state index contributed by atoms with van der Waals surface area (Å²) in [6.07, 6.45) is 1.61. The molecule has 0 aliphatic rings. The van der Waals surface area contributed by atoms with Gasteiger partial charge in [-0.25, -0.2) is 9.37 Å². The zero-order valence-corrected chi connectivity index (χ0v) is 15.0. The number of hydrogen-bond donors (Lipinski definition) is 3. The summed E-state index contributed by atoms with van der Waals surface area (Å²) in [6, 6.07) is 10.7. The number of thiazole rings is 1. The first kappa shape index (κ1) is 17.7. The average Bonchev–Trinajstić information content (AvgIpc) is 3.42. The summed E-state index contributed by atoms with van der Waals surface area (Å²) in [5, 5.41) is 4.72. The molecular weight excluding hydrogens is 383 g/mol. The van der Waals surface area contributed by atoms with Crippen LogP contribution in [0.1, 0.15) is 21.0 Å². The van der Waals surface area contributed by atoms with E-state index in [2.05, 4.69) is 15.3 Å². The van der Waals surface area contributed by atoms with Crippen molar-refractivity contribution in [2.75, 3.05) is 5.32 Å². The number of aromatic amines is 1. The fourth-order valence-corrected chi connectivity index (χ4v) is 3.29. The number of benzene rings is 1. The van der Waals surface area contributed by atoms with E-state index >= 15 is 0 Å². The summed E-state index contributed by atoms with van der Waals surface area (Å²) < 4.78 is 19.3. The van der Waals surface area contributed by atoms with Crippen LogP contribution in [-0.4, -0.2) is 21.8 Å². The van der Waals surface area contributed by atoms with Crippen LogP contribution >= 0.6 is 11.3 Å². The monoisotopic (exact) mass is 396 g/mol.